The Bertz CT molecular complexity index is 1070. The summed E-state index contributed by atoms with van der Waals surface area (Å²) < 4.78 is 13.8. The Morgan fingerprint density at radius 3 is 2.47 bits per heavy atom. The van der Waals surface area contributed by atoms with Gasteiger partial charge in [0.15, 0.2) is 11.5 Å². The molecule has 2 aromatic carbocycles. The number of benzene rings is 2. The number of para-hydroxylation sites is 2. The van der Waals surface area contributed by atoms with Gasteiger partial charge in [0.05, 0.1) is 18.8 Å². The fourth-order valence-electron chi connectivity index (χ4n) is 4.17. The fraction of sp³-hybridized carbons (Fsp3) is 0.385. The number of rotatable bonds is 7. The van der Waals surface area contributed by atoms with E-state index in [4.69, 9.17) is 9.47 Å². The summed E-state index contributed by atoms with van der Waals surface area (Å²) in [5.41, 5.74) is 3.92. The highest BCUT2D eigenvalue weighted by atomic mass is 16.5. The normalized spacial score (nSPS) is 14.4. The molecule has 0 aliphatic carbocycles. The summed E-state index contributed by atoms with van der Waals surface area (Å²) in [5.74, 6) is 1.62. The Morgan fingerprint density at radius 2 is 1.78 bits per heavy atom. The molecular formula is C26H31N3O3. The van der Waals surface area contributed by atoms with E-state index in [1.807, 2.05) is 78.9 Å². The first-order valence-corrected chi connectivity index (χ1v) is 11.3. The fourth-order valence-corrected chi connectivity index (χ4v) is 4.17. The number of ether oxygens (including phenoxy) is 2. The SMILES string of the molecule is CCOc1ccccc1OC1CCN(C(=O)c2cccc(Cn3nc(C)cc3C)c2)CC1. The maximum Gasteiger partial charge on any atom is 0.253 e. The highest BCUT2D eigenvalue weighted by Gasteiger charge is 2.25. The molecule has 3 aromatic rings. The largest absolute Gasteiger partial charge is 0.490 e. The monoisotopic (exact) mass is 433 g/mol. The van der Waals surface area contributed by atoms with Gasteiger partial charge in [0, 0.05) is 37.2 Å². The molecular weight excluding hydrogens is 402 g/mol. The van der Waals surface area contributed by atoms with Gasteiger partial charge in [-0.15, -0.1) is 0 Å². The number of hydrogen-bond donors (Lipinski definition) is 0. The summed E-state index contributed by atoms with van der Waals surface area (Å²) in [5, 5.41) is 4.53. The lowest BCUT2D eigenvalue weighted by Gasteiger charge is -2.32. The Labute approximate surface area is 189 Å². The van der Waals surface area contributed by atoms with Crippen molar-refractivity contribution in [2.75, 3.05) is 19.7 Å². The summed E-state index contributed by atoms with van der Waals surface area (Å²) in [6.07, 6.45) is 1.69. The lowest BCUT2D eigenvalue weighted by molar-refractivity contribution is 0.0589. The predicted molar refractivity (Wildman–Crippen MR) is 124 cm³/mol. The molecule has 1 saturated heterocycles. The molecule has 0 spiro atoms. The number of likely N-dealkylation sites (tertiary alicyclic amines) is 1. The summed E-state index contributed by atoms with van der Waals surface area (Å²) in [6.45, 7) is 8.64. The lowest BCUT2D eigenvalue weighted by atomic mass is 10.0. The Morgan fingerprint density at radius 1 is 1.03 bits per heavy atom. The van der Waals surface area contributed by atoms with E-state index in [2.05, 4.69) is 11.2 Å². The van der Waals surface area contributed by atoms with Crippen LogP contribution < -0.4 is 9.47 Å². The van der Waals surface area contributed by atoms with Crippen LogP contribution in [0.15, 0.2) is 54.6 Å². The molecule has 1 amide bonds. The van der Waals surface area contributed by atoms with Crippen molar-refractivity contribution in [3.05, 3.63) is 77.1 Å². The molecule has 0 bridgehead atoms. The van der Waals surface area contributed by atoms with Gasteiger partial charge < -0.3 is 14.4 Å². The van der Waals surface area contributed by atoms with Crippen LogP contribution in [0, 0.1) is 13.8 Å². The molecule has 0 N–H and O–H groups in total. The van der Waals surface area contributed by atoms with Gasteiger partial charge in [0.25, 0.3) is 5.91 Å². The van der Waals surface area contributed by atoms with Crippen LogP contribution in [0.4, 0.5) is 0 Å². The van der Waals surface area contributed by atoms with Gasteiger partial charge in [-0.3, -0.25) is 9.48 Å². The lowest BCUT2D eigenvalue weighted by Crippen LogP contribution is -2.41. The first kappa shape index (κ1) is 21.9. The minimum atomic E-state index is 0.0772. The van der Waals surface area contributed by atoms with Gasteiger partial charge in [-0.1, -0.05) is 24.3 Å². The van der Waals surface area contributed by atoms with Crippen molar-refractivity contribution in [2.45, 2.75) is 46.3 Å². The zero-order chi connectivity index (χ0) is 22.5. The zero-order valence-corrected chi connectivity index (χ0v) is 19.1. The smallest absolute Gasteiger partial charge is 0.253 e. The minimum absolute atomic E-state index is 0.0772. The summed E-state index contributed by atoms with van der Waals surface area (Å²) >= 11 is 0. The Kier molecular flexibility index (Phi) is 6.78. The molecule has 0 atom stereocenters. The molecule has 32 heavy (non-hydrogen) atoms. The molecule has 1 aliphatic heterocycles. The van der Waals surface area contributed by atoms with Gasteiger partial charge in [0.2, 0.25) is 0 Å². The van der Waals surface area contributed by atoms with Crippen molar-refractivity contribution in [1.82, 2.24) is 14.7 Å². The second kappa shape index (κ2) is 9.90. The van der Waals surface area contributed by atoms with E-state index in [-0.39, 0.29) is 12.0 Å². The average molecular weight is 434 g/mol. The molecule has 4 rings (SSSR count). The highest BCUT2D eigenvalue weighted by molar-refractivity contribution is 5.94. The minimum Gasteiger partial charge on any atom is -0.490 e. The van der Waals surface area contributed by atoms with Crippen LogP contribution in [0.25, 0.3) is 0 Å². The van der Waals surface area contributed by atoms with Crippen LogP contribution in [0.2, 0.25) is 0 Å². The van der Waals surface area contributed by atoms with Crippen molar-refractivity contribution < 1.29 is 14.3 Å². The third-order valence-electron chi connectivity index (χ3n) is 5.78. The van der Waals surface area contributed by atoms with E-state index >= 15 is 0 Å². The number of carbonyl (C=O) groups is 1. The zero-order valence-electron chi connectivity index (χ0n) is 19.1. The van der Waals surface area contributed by atoms with Crippen LogP contribution in [-0.2, 0) is 6.54 Å². The average Bonchev–Trinajstić information content (AvgIpc) is 3.12. The molecule has 0 saturated carbocycles. The van der Waals surface area contributed by atoms with Gasteiger partial charge in [0.1, 0.15) is 6.10 Å². The second-order valence-electron chi connectivity index (χ2n) is 8.27. The van der Waals surface area contributed by atoms with Crippen LogP contribution in [0.5, 0.6) is 11.5 Å². The van der Waals surface area contributed by atoms with Gasteiger partial charge in [-0.2, -0.15) is 5.10 Å². The highest BCUT2D eigenvalue weighted by Crippen LogP contribution is 2.29. The molecule has 0 radical (unpaired) electrons. The quantitative estimate of drug-likeness (QED) is 0.545. The Hall–Kier alpha value is -3.28. The molecule has 0 unspecified atom stereocenters. The molecule has 2 heterocycles. The molecule has 1 aromatic heterocycles. The van der Waals surface area contributed by atoms with Gasteiger partial charge in [-0.25, -0.2) is 0 Å². The van der Waals surface area contributed by atoms with E-state index in [0.29, 0.717) is 26.2 Å². The van der Waals surface area contributed by atoms with Crippen molar-refractivity contribution in [3.63, 3.8) is 0 Å². The number of nitrogens with zero attached hydrogens (tertiary/aromatic N) is 3. The predicted octanol–water partition coefficient (Wildman–Crippen LogP) is 4.63. The molecule has 168 valence electrons. The summed E-state index contributed by atoms with van der Waals surface area (Å²) in [7, 11) is 0. The van der Waals surface area contributed by atoms with Crippen LogP contribution in [0.1, 0.15) is 47.1 Å². The number of carbonyl (C=O) groups excluding carboxylic acids is 1. The molecule has 6 nitrogen and oxygen atoms in total. The number of piperidine rings is 1. The summed E-state index contributed by atoms with van der Waals surface area (Å²) in [4.78, 5) is 15.0. The van der Waals surface area contributed by atoms with Gasteiger partial charge >= 0.3 is 0 Å². The second-order valence-corrected chi connectivity index (χ2v) is 8.27. The maximum absolute atomic E-state index is 13.1. The van der Waals surface area contributed by atoms with E-state index < -0.39 is 0 Å². The maximum atomic E-state index is 13.1. The number of amides is 1. The number of aromatic nitrogens is 2. The number of aryl methyl sites for hydroxylation is 2. The first-order valence-electron chi connectivity index (χ1n) is 11.3. The first-order chi connectivity index (χ1) is 15.5. The molecule has 6 heteroatoms. The van der Waals surface area contributed by atoms with Gasteiger partial charge in [-0.05, 0) is 56.7 Å². The van der Waals surface area contributed by atoms with E-state index in [0.717, 1.165) is 46.9 Å². The Balaban J connectivity index is 1.36. The van der Waals surface area contributed by atoms with Crippen LogP contribution in [0.3, 0.4) is 0 Å². The van der Waals surface area contributed by atoms with Crippen molar-refractivity contribution in [3.8, 4) is 11.5 Å². The van der Waals surface area contributed by atoms with E-state index in [1.54, 1.807) is 0 Å². The van der Waals surface area contributed by atoms with Crippen molar-refractivity contribution in [2.24, 2.45) is 0 Å². The van der Waals surface area contributed by atoms with Crippen LogP contribution >= 0.6 is 0 Å². The molecule has 1 aliphatic rings. The van der Waals surface area contributed by atoms with Crippen LogP contribution in [-0.4, -0.2) is 46.4 Å². The van der Waals surface area contributed by atoms with Crippen molar-refractivity contribution >= 4 is 5.91 Å². The summed E-state index contributed by atoms with van der Waals surface area (Å²) in [6, 6.07) is 17.7. The van der Waals surface area contributed by atoms with E-state index in [1.165, 1.54) is 0 Å². The standard InChI is InChI=1S/C26H31N3O3/c1-4-31-24-10-5-6-11-25(24)32-23-12-14-28(15-13-23)26(30)22-9-7-8-21(17-22)18-29-20(3)16-19(2)27-29/h5-11,16-17,23H,4,12-15,18H2,1-3H3. The molecule has 1 fully saturated rings. The third-order valence-corrected chi connectivity index (χ3v) is 5.78. The van der Waals surface area contributed by atoms with E-state index in [9.17, 15) is 4.79 Å². The topological polar surface area (TPSA) is 56.6 Å². The van der Waals surface area contributed by atoms with Crippen molar-refractivity contribution in [1.29, 1.82) is 0 Å². The third kappa shape index (κ3) is 5.13. The number of hydrogen-bond acceptors (Lipinski definition) is 4.